The minimum Gasteiger partial charge on any atom is -0.481 e. The normalized spacial score (nSPS) is 32.8. The molecule has 1 aliphatic rings. The molecule has 3 atom stereocenters. The SMILES string of the molecule is CC(O)C1C[CH]CCC1C(=O)O. The van der Waals surface area contributed by atoms with Crippen LogP contribution in [-0.4, -0.2) is 22.3 Å². The van der Waals surface area contributed by atoms with Crippen molar-refractivity contribution in [1.29, 1.82) is 0 Å². The number of hydrogen-bond donors (Lipinski definition) is 2. The lowest BCUT2D eigenvalue weighted by Gasteiger charge is -2.30. The van der Waals surface area contributed by atoms with Gasteiger partial charge in [0.05, 0.1) is 12.0 Å². The number of carboxylic acid groups (broad SMARTS) is 1. The molecule has 1 fully saturated rings. The molecular weight excluding hydrogens is 156 g/mol. The van der Waals surface area contributed by atoms with Crippen LogP contribution in [0, 0.1) is 18.3 Å². The molecule has 2 N–H and O–H groups in total. The first-order valence-electron chi connectivity index (χ1n) is 4.35. The molecule has 0 spiro atoms. The van der Waals surface area contributed by atoms with E-state index in [4.69, 9.17) is 5.11 Å². The first-order chi connectivity index (χ1) is 5.63. The Labute approximate surface area is 72.4 Å². The molecule has 0 aliphatic heterocycles. The number of carboxylic acids is 1. The van der Waals surface area contributed by atoms with Gasteiger partial charge in [0.25, 0.3) is 0 Å². The van der Waals surface area contributed by atoms with Gasteiger partial charge < -0.3 is 10.2 Å². The summed E-state index contributed by atoms with van der Waals surface area (Å²) in [7, 11) is 0. The van der Waals surface area contributed by atoms with E-state index in [2.05, 4.69) is 6.42 Å². The van der Waals surface area contributed by atoms with Gasteiger partial charge in [-0.05, 0) is 38.5 Å². The van der Waals surface area contributed by atoms with Gasteiger partial charge in [-0.15, -0.1) is 0 Å². The van der Waals surface area contributed by atoms with Crippen LogP contribution in [0.1, 0.15) is 26.2 Å². The lowest BCUT2D eigenvalue weighted by Crippen LogP contribution is -2.33. The molecule has 0 amide bonds. The fraction of sp³-hybridized carbons (Fsp3) is 0.778. The molecule has 3 heteroatoms. The molecular formula is C9H15O3. The first-order valence-corrected chi connectivity index (χ1v) is 4.35. The van der Waals surface area contributed by atoms with E-state index in [1.165, 1.54) is 0 Å². The highest BCUT2D eigenvalue weighted by Crippen LogP contribution is 2.31. The van der Waals surface area contributed by atoms with E-state index >= 15 is 0 Å². The number of aliphatic hydroxyl groups excluding tert-OH is 1. The van der Waals surface area contributed by atoms with Crippen molar-refractivity contribution in [1.82, 2.24) is 0 Å². The summed E-state index contributed by atoms with van der Waals surface area (Å²) in [5.41, 5.74) is 0. The second kappa shape index (κ2) is 3.90. The predicted octanol–water partition coefficient (Wildman–Crippen LogP) is 1.07. The van der Waals surface area contributed by atoms with Crippen molar-refractivity contribution >= 4 is 5.97 Å². The maximum absolute atomic E-state index is 10.7. The Morgan fingerprint density at radius 1 is 1.67 bits per heavy atom. The molecule has 3 unspecified atom stereocenters. The van der Waals surface area contributed by atoms with Crippen molar-refractivity contribution in [2.45, 2.75) is 32.3 Å². The molecule has 0 heterocycles. The summed E-state index contributed by atoms with van der Waals surface area (Å²) in [6.45, 7) is 1.67. The lowest BCUT2D eigenvalue weighted by molar-refractivity contribution is -0.146. The van der Waals surface area contributed by atoms with E-state index in [1.807, 2.05) is 0 Å². The van der Waals surface area contributed by atoms with Gasteiger partial charge in [0.1, 0.15) is 0 Å². The Balaban J connectivity index is 2.60. The molecule has 0 bridgehead atoms. The molecule has 0 saturated heterocycles. The summed E-state index contributed by atoms with van der Waals surface area (Å²) in [6.07, 6.45) is 3.82. The van der Waals surface area contributed by atoms with E-state index in [1.54, 1.807) is 6.92 Å². The summed E-state index contributed by atoms with van der Waals surface area (Å²) in [6, 6.07) is 0. The first kappa shape index (κ1) is 9.52. The summed E-state index contributed by atoms with van der Waals surface area (Å²) < 4.78 is 0. The Morgan fingerprint density at radius 3 is 2.75 bits per heavy atom. The van der Waals surface area contributed by atoms with Gasteiger partial charge in [-0.2, -0.15) is 0 Å². The van der Waals surface area contributed by atoms with Gasteiger partial charge in [-0.3, -0.25) is 4.79 Å². The third-order valence-corrected chi connectivity index (χ3v) is 2.57. The van der Waals surface area contributed by atoms with E-state index in [0.29, 0.717) is 6.42 Å². The van der Waals surface area contributed by atoms with Gasteiger partial charge in [-0.1, -0.05) is 0 Å². The summed E-state index contributed by atoms with van der Waals surface area (Å²) in [4.78, 5) is 10.7. The van der Waals surface area contributed by atoms with Crippen molar-refractivity contribution < 1.29 is 15.0 Å². The molecule has 0 aromatic heterocycles. The highest BCUT2D eigenvalue weighted by molar-refractivity contribution is 5.70. The van der Waals surface area contributed by atoms with Crippen molar-refractivity contribution in [3.05, 3.63) is 6.42 Å². The van der Waals surface area contributed by atoms with E-state index < -0.39 is 12.1 Å². The van der Waals surface area contributed by atoms with Crippen molar-refractivity contribution in [3.8, 4) is 0 Å². The van der Waals surface area contributed by atoms with E-state index in [0.717, 1.165) is 12.8 Å². The number of aliphatic hydroxyl groups is 1. The van der Waals surface area contributed by atoms with Crippen molar-refractivity contribution in [2.75, 3.05) is 0 Å². The van der Waals surface area contributed by atoms with E-state index in [-0.39, 0.29) is 11.8 Å². The smallest absolute Gasteiger partial charge is 0.306 e. The van der Waals surface area contributed by atoms with Crippen LogP contribution in [0.4, 0.5) is 0 Å². The fourth-order valence-corrected chi connectivity index (χ4v) is 1.83. The topological polar surface area (TPSA) is 57.5 Å². The zero-order chi connectivity index (χ0) is 9.14. The molecule has 1 radical (unpaired) electrons. The molecule has 1 aliphatic carbocycles. The standard InChI is InChI=1S/C9H15O3/c1-6(10)7-4-2-3-5-8(7)9(11)12/h2,6-8,10H,3-5H2,1H3,(H,11,12). The number of aliphatic carboxylic acids is 1. The van der Waals surface area contributed by atoms with Crippen LogP contribution in [-0.2, 0) is 4.79 Å². The Morgan fingerprint density at radius 2 is 2.33 bits per heavy atom. The quantitative estimate of drug-likeness (QED) is 0.653. The Bertz CT molecular complexity index is 165. The van der Waals surface area contributed by atoms with Gasteiger partial charge in [0.15, 0.2) is 0 Å². The molecule has 0 aromatic rings. The van der Waals surface area contributed by atoms with Crippen LogP contribution in [0.15, 0.2) is 0 Å². The Hall–Kier alpha value is -0.570. The van der Waals surface area contributed by atoms with Crippen molar-refractivity contribution in [2.24, 2.45) is 11.8 Å². The van der Waals surface area contributed by atoms with Crippen LogP contribution >= 0.6 is 0 Å². The molecule has 3 nitrogen and oxygen atoms in total. The lowest BCUT2D eigenvalue weighted by atomic mass is 9.77. The number of hydrogen-bond acceptors (Lipinski definition) is 2. The van der Waals surface area contributed by atoms with Crippen LogP contribution in [0.5, 0.6) is 0 Å². The monoisotopic (exact) mass is 171 g/mol. The molecule has 1 saturated carbocycles. The van der Waals surface area contributed by atoms with Crippen LogP contribution < -0.4 is 0 Å². The molecule has 1 rings (SSSR count). The average molecular weight is 171 g/mol. The highest BCUT2D eigenvalue weighted by atomic mass is 16.4. The second-order valence-corrected chi connectivity index (χ2v) is 3.45. The third-order valence-electron chi connectivity index (χ3n) is 2.57. The highest BCUT2D eigenvalue weighted by Gasteiger charge is 2.33. The molecule has 0 aromatic carbocycles. The maximum Gasteiger partial charge on any atom is 0.306 e. The van der Waals surface area contributed by atoms with Gasteiger partial charge in [0.2, 0.25) is 0 Å². The van der Waals surface area contributed by atoms with E-state index in [9.17, 15) is 9.90 Å². The summed E-state index contributed by atoms with van der Waals surface area (Å²) in [5.74, 6) is -1.21. The van der Waals surface area contributed by atoms with Gasteiger partial charge in [0, 0.05) is 0 Å². The van der Waals surface area contributed by atoms with Crippen LogP contribution in [0.3, 0.4) is 0 Å². The summed E-state index contributed by atoms with van der Waals surface area (Å²) >= 11 is 0. The summed E-state index contributed by atoms with van der Waals surface area (Å²) in [5, 5.41) is 18.1. The average Bonchev–Trinajstić information content (AvgIpc) is 2.04. The number of rotatable bonds is 2. The minimum atomic E-state index is -0.769. The second-order valence-electron chi connectivity index (χ2n) is 3.45. The van der Waals surface area contributed by atoms with Crippen molar-refractivity contribution in [3.63, 3.8) is 0 Å². The maximum atomic E-state index is 10.7. The van der Waals surface area contributed by atoms with Gasteiger partial charge >= 0.3 is 5.97 Å². The largest absolute Gasteiger partial charge is 0.481 e. The van der Waals surface area contributed by atoms with Gasteiger partial charge in [-0.25, -0.2) is 0 Å². The Kier molecular flexibility index (Phi) is 3.09. The molecule has 12 heavy (non-hydrogen) atoms. The minimum absolute atomic E-state index is 0.0868. The fourth-order valence-electron chi connectivity index (χ4n) is 1.83. The van der Waals surface area contributed by atoms with Crippen LogP contribution in [0.2, 0.25) is 0 Å². The predicted molar refractivity (Wildman–Crippen MR) is 44.4 cm³/mol. The molecule has 69 valence electrons. The number of carbonyl (C=O) groups is 1. The van der Waals surface area contributed by atoms with Crippen LogP contribution in [0.25, 0.3) is 0 Å². The third kappa shape index (κ3) is 1.97. The zero-order valence-electron chi connectivity index (χ0n) is 7.23. The zero-order valence-corrected chi connectivity index (χ0v) is 7.23.